The molecule has 5 nitrogen and oxygen atoms in total. The summed E-state index contributed by atoms with van der Waals surface area (Å²) >= 11 is 1.65. The minimum atomic E-state index is -0.163. The quantitative estimate of drug-likeness (QED) is 0.590. The Labute approximate surface area is 176 Å². The maximum absolute atomic E-state index is 9.95. The molecule has 2 heterocycles. The largest absolute Gasteiger partial charge is 0.497 e. The lowest BCUT2D eigenvalue weighted by atomic mass is 9.91. The van der Waals surface area contributed by atoms with Gasteiger partial charge < -0.3 is 14.3 Å². The number of benzene rings is 1. The first-order chi connectivity index (χ1) is 14.1. The van der Waals surface area contributed by atoms with E-state index in [0.29, 0.717) is 11.9 Å². The summed E-state index contributed by atoms with van der Waals surface area (Å²) in [4.78, 5) is 7.28. The van der Waals surface area contributed by atoms with Crippen molar-refractivity contribution in [2.24, 2.45) is 0 Å². The summed E-state index contributed by atoms with van der Waals surface area (Å²) in [7, 11) is 1.70. The fraction of sp³-hybridized carbons (Fsp3) is 0.435. The summed E-state index contributed by atoms with van der Waals surface area (Å²) in [5, 5.41) is 14.0. The standard InChI is InChI=1S/C23H28N2O3S/c1-16-22(24-23(28-16)18-10-11-29-15-18)14-25(19-6-8-20(26)9-7-19)13-17-4-3-5-21(12-17)27-2/h3-5,10-12,15,19-20,26H,6-9,13-14H2,1-2H3. The summed E-state index contributed by atoms with van der Waals surface area (Å²) in [5.74, 6) is 2.44. The van der Waals surface area contributed by atoms with Gasteiger partial charge in [-0.05, 0) is 61.7 Å². The van der Waals surface area contributed by atoms with Gasteiger partial charge in [0.1, 0.15) is 11.5 Å². The Kier molecular flexibility index (Phi) is 6.33. The van der Waals surface area contributed by atoms with Gasteiger partial charge in [-0.3, -0.25) is 4.90 Å². The minimum absolute atomic E-state index is 0.163. The van der Waals surface area contributed by atoms with Crippen LogP contribution < -0.4 is 4.74 Å². The van der Waals surface area contributed by atoms with Gasteiger partial charge in [0.05, 0.1) is 18.9 Å². The van der Waals surface area contributed by atoms with Gasteiger partial charge in [-0.2, -0.15) is 11.3 Å². The fourth-order valence-electron chi connectivity index (χ4n) is 4.02. The second kappa shape index (κ2) is 9.11. The number of aliphatic hydroxyl groups excluding tert-OH is 1. The number of aryl methyl sites for hydroxylation is 1. The monoisotopic (exact) mass is 412 g/mol. The van der Waals surface area contributed by atoms with Crippen LogP contribution in [0.1, 0.15) is 42.7 Å². The third-order valence-corrected chi connectivity index (χ3v) is 6.40. The van der Waals surface area contributed by atoms with Crippen LogP contribution in [-0.4, -0.2) is 34.2 Å². The van der Waals surface area contributed by atoms with Crippen LogP contribution in [0, 0.1) is 6.92 Å². The number of hydrogen-bond acceptors (Lipinski definition) is 6. The van der Waals surface area contributed by atoms with Gasteiger partial charge in [-0.1, -0.05) is 12.1 Å². The summed E-state index contributed by atoms with van der Waals surface area (Å²) in [6.45, 7) is 3.54. The Bertz CT molecular complexity index is 914. The van der Waals surface area contributed by atoms with Crippen molar-refractivity contribution in [2.45, 2.75) is 57.8 Å². The molecule has 0 amide bonds. The van der Waals surface area contributed by atoms with Crippen LogP contribution in [0.5, 0.6) is 5.75 Å². The van der Waals surface area contributed by atoms with Crippen LogP contribution in [0.25, 0.3) is 11.5 Å². The normalized spacial score (nSPS) is 19.6. The molecule has 1 aromatic carbocycles. The molecule has 3 aromatic rings. The Morgan fingerprint density at radius 1 is 1.21 bits per heavy atom. The molecule has 0 radical (unpaired) electrons. The van der Waals surface area contributed by atoms with E-state index in [4.69, 9.17) is 14.1 Å². The molecule has 0 unspecified atom stereocenters. The van der Waals surface area contributed by atoms with Crippen molar-refractivity contribution in [1.29, 1.82) is 0 Å². The van der Waals surface area contributed by atoms with Gasteiger partial charge in [-0.25, -0.2) is 4.98 Å². The maximum Gasteiger partial charge on any atom is 0.227 e. The van der Waals surface area contributed by atoms with Crippen molar-refractivity contribution < 1.29 is 14.3 Å². The average Bonchev–Trinajstić information content (AvgIpc) is 3.38. The van der Waals surface area contributed by atoms with Crippen LogP contribution in [-0.2, 0) is 13.1 Å². The molecule has 2 aromatic heterocycles. The highest BCUT2D eigenvalue weighted by Crippen LogP contribution is 2.29. The van der Waals surface area contributed by atoms with E-state index in [-0.39, 0.29) is 6.10 Å². The van der Waals surface area contributed by atoms with Gasteiger partial charge in [0.15, 0.2) is 0 Å². The maximum atomic E-state index is 9.95. The summed E-state index contributed by atoms with van der Waals surface area (Å²) in [5.41, 5.74) is 3.24. The smallest absolute Gasteiger partial charge is 0.227 e. The molecule has 1 saturated carbocycles. The number of hydrogen-bond donors (Lipinski definition) is 1. The predicted molar refractivity (Wildman–Crippen MR) is 115 cm³/mol. The van der Waals surface area contributed by atoms with Crippen molar-refractivity contribution in [3.63, 3.8) is 0 Å². The van der Waals surface area contributed by atoms with E-state index in [1.807, 2.05) is 30.5 Å². The number of thiophene rings is 1. The van der Waals surface area contributed by atoms with Crippen LogP contribution in [0.2, 0.25) is 0 Å². The Balaban J connectivity index is 1.56. The SMILES string of the molecule is COc1cccc(CN(Cc2nc(-c3ccsc3)oc2C)C2CCC(O)CC2)c1. The zero-order chi connectivity index (χ0) is 20.2. The molecule has 0 aliphatic heterocycles. The van der Waals surface area contributed by atoms with Gasteiger partial charge in [0, 0.05) is 30.1 Å². The van der Waals surface area contributed by atoms with Crippen molar-refractivity contribution in [3.05, 3.63) is 58.1 Å². The first-order valence-electron chi connectivity index (χ1n) is 10.2. The topological polar surface area (TPSA) is 58.7 Å². The Morgan fingerprint density at radius 3 is 2.76 bits per heavy atom. The van der Waals surface area contributed by atoms with E-state index < -0.39 is 0 Å². The van der Waals surface area contributed by atoms with Crippen molar-refractivity contribution in [2.75, 3.05) is 7.11 Å². The number of ether oxygens (including phenoxy) is 1. The number of aliphatic hydroxyl groups is 1. The van der Waals surface area contributed by atoms with E-state index in [1.165, 1.54) is 5.56 Å². The lowest BCUT2D eigenvalue weighted by molar-refractivity contribution is 0.0658. The van der Waals surface area contributed by atoms with E-state index in [1.54, 1.807) is 18.4 Å². The Hall–Kier alpha value is -2.15. The molecule has 29 heavy (non-hydrogen) atoms. The summed E-state index contributed by atoms with van der Waals surface area (Å²) in [6, 6.07) is 10.7. The first-order valence-corrected chi connectivity index (χ1v) is 11.1. The van der Waals surface area contributed by atoms with Gasteiger partial charge in [0.2, 0.25) is 5.89 Å². The molecule has 154 valence electrons. The number of aromatic nitrogens is 1. The van der Waals surface area contributed by atoms with Crippen LogP contribution in [0.4, 0.5) is 0 Å². The fourth-order valence-corrected chi connectivity index (χ4v) is 4.65. The van der Waals surface area contributed by atoms with Gasteiger partial charge in [0.25, 0.3) is 0 Å². The number of oxazole rings is 1. The zero-order valence-electron chi connectivity index (χ0n) is 17.0. The molecule has 0 bridgehead atoms. The summed E-state index contributed by atoms with van der Waals surface area (Å²) < 4.78 is 11.4. The van der Waals surface area contributed by atoms with Crippen molar-refractivity contribution >= 4 is 11.3 Å². The van der Waals surface area contributed by atoms with E-state index in [9.17, 15) is 5.11 Å². The third-order valence-electron chi connectivity index (χ3n) is 5.72. The summed E-state index contributed by atoms with van der Waals surface area (Å²) in [6.07, 6.45) is 3.55. The predicted octanol–water partition coefficient (Wildman–Crippen LogP) is 5.03. The molecule has 0 saturated heterocycles. The highest BCUT2D eigenvalue weighted by Gasteiger charge is 2.27. The van der Waals surface area contributed by atoms with E-state index in [0.717, 1.165) is 61.5 Å². The lowest BCUT2D eigenvalue weighted by Gasteiger charge is -2.35. The van der Waals surface area contributed by atoms with E-state index >= 15 is 0 Å². The van der Waals surface area contributed by atoms with Crippen LogP contribution in [0.3, 0.4) is 0 Å². The first kappa shape index (κ1) is 20.1. The molecule has 0 spiro atoms. The highest BCUT2D eigenvalue weighted by molar-refractivity contribution is 7.08. The average molecular weight is 413 g/mol. The van der Waals surface area contributed by atoms with E-state index in [2.05, 4.69) is 22.4 Å². The van der Waals surface area contributed by atoms with Crippen molar-refractivity contribution in [1.82, 2.24) is 9.88 Å². The van der Waals surface area contributed by atoms with Crippen molar-refractivity contribution in [3.8, 4) is 17.2 Å². The van der Waals surface area contributed by atoms with Crippen LogP contribution in [0.15, 0.2) is 45.5 Å². The van der Waals surface area contributed by atoms with Gasteiger partial charge >= 0.3 is 0 Å². The zero-order valence-corrected chi connectivity index (χ0v) is 17.8. The molecular weight excluding hydrogens is 384 g/mol. The van der Waals surface area contributed by atoms with Crippen LogP contribution >= 0.6 is 11.3 Å². The number of methoxy groups -OCH3 is 1. The third kappa shape index (κ3) is 4.89. The molecule has 1 fully saturated rings. The second-order valence-corrected chi connectivity index (χ2v) is 8.53. The highest BCUT2D eigenvalue weighted by atomic mass is 32.1. The molecule has 1 aliphatic carbocycles. The minimum Gasteiger partial charge on any atom is -0.497 e. The molecule has 0 atom stereocenters. The molecule has 1 aliphatic rings. The molecule has 1 N–H and O–H groups in total. The lowest BCUT2D eigenvalue weighted by Crippen LogP contribution is -2.38. The number of nitrogens with zero attached hydrogens (tertiary/aromatic N) is 2. The Morgan fingerprint density at radius 2 is 2.03 bits per heavy atom. The second-order valence-electron chi connectivity index (χ2n) is 7.75. The molecular formula is C23H28N2O3S. The molecule has 6 heteroatoms. The van der Waals surface area contributed by atoms with Gasteiger partial charge in [-0.15, -0.1) is 0 Å². The number of rotatable bonds is 7. The molecule has 4 rings (SSSR count).